The number of hydrogen-bond donors (Lipinski definition) is 0. The molecule has 6 heteroatoms. The van der Waals surface area contributed by atoms with Crippen LogP contribution in [0.2, 0.25) is 5.02 Å². The minimum absolute atomic E-state index is 0.395. The molecule has 0 amide bonds. The first-order valence-corrected chi connectivity index (χ1v) is 12.8. The van der Waals surface area contributed by atoms with Gasteiger partial charge in [0.05, 0.1) is 11.4 Å². The van der Waals surface area contributed by atoms with Crippen LogP contribution in [0, 0.1) is 6.92 Å². The maximum atomic E-state index is 6.30. The highest BCUT2D eigenvalue weighted by Crippen LogP contribution is 2.31. The van der Waals surface area contributed by atoms with Crippen LogP contribution in [-0.4, -0.2) is 58.8 Å². The molecule has 0 aliphatic carbocycles. The Morgan fingerprint density at radius 1 is 1.00 bits per heavy atom. The Kier molecular flexibility index (Phi) is 7.97. The van der Waals surface area contributed by atoms with Gasteiger partial charge in [-0.25, -0.2) is 4.68 Å². The van der Waals surface area contributed by atoms with E-state index in [1.54, 1.807) is 0 Å². The SMILES string of the molecule is CCc1nn(-c2cccc(C)c2)c(N2CCN(C)CC2)c1CN(Cc1cccc(Cl)c1)C(C)C. The molecular weight excluding hydrogens is 442 g/mol. The first kappa shape index (κ1) is 24.8. The first-order valence-electron chi connectivity index (χ1n) is 12.5. The summed E-state index contributed by atoms with van der Waals surface area (Å²) >= 11 is 6.30. The molecule has 0 radical (unpaired) electrons. The van der Waals surface area contributed by atoms with Crippen LogP contribution in [0.25, 0.3) is 5.69 Å². The zero-order valence-corrected chi connectivity index (χ0v) is 22.0. The summed E-state index contributed by atoms with van der Waals surface area (Å²) in [5, 5.41) is 5.97. The van der Waals surface area contributed by atoms with E-state index in [0.717, 1.165) is 56.4 Å². The number of benzene rings is 2. The smallest absolute Gasteiger partial charge is 0.137 e. The van der Waals surface area contributed by atoms with E-state index in [9.17, 15) is 0 Å². The monoisotopic (exact) mass is 479 g/mol. The number of rotatable bonds is 8. The summed E-state index contributed by atoms with van der Waals surface area (Å²) in [6.07, 6.45) is 0.915. The Hall–Kier alpha value is -2.34. The fourth-order valence-electron chi connectivity index (χ4n) is 4.71. The number of piperazine rings is 1. The number of halogens is 1. The van der Waals surface area contributed by atoms with Crippen LogP contribution in [0.5, 0.6) is 0 Å². The van der Waals surface area contributed by atoms with Gasteiger partial charge in [-0.2, -0.15) is 5.10 Å². The van der Waals surface area contributed by atoms with Crippen molar-refractivity contribution in [2.24, 2.45) is 0 Å². The molecule has 0 spiro atoms. The van der Waals surface area contributed by atoms with E-state index in [2.05, 4.69) is 90.5 Å². The predicted octanol–water partition coefficient (Wildman–Crippen LogP) is 5.56. The van der Waals surface area contributed by atoms with Gasteiger partial charge in [-0.3, -0.25) is 4.90 Å². The second-order valence-electron chi connectivity index (χ2n) is 9.77. The molecule has 1 aliphatic rings. The van der Waals surface area contributed by atoms with Gasteiger partial charge in [-0.15, -0.1) is 0 Å². The maximum absolute atomic E-state index is 6.30. The quantitative estimate of drug-likeness (QED) is 0.422. The van der Waals surface area contributed by atoms with Crippen molar-refractivity contribution in [2.75, 3.05) is 38.1 Å². The Labute approximate surface area is 209 Å². The molecule has 0 unspecified atom stereocenters. The Balaban J connectivity index is 1.76. The molecule has 1 fully saturated rings. The molecule has 0 N–H and O–H groups in total. The van der Waals surface area contributed by atoms with Gasteiger partial charge in [0.25, 0.3) is 0 Å². The highest BCUT2D eigenvalue weighted by Gasteiger charge is 2.27. The Bertz CT molecular complexity index is 1100. The standard InChI is InChI=1S/C28H38ClN5/c1-6-27-26(20-33(21(2)3)19-23-10-8-11-24(29)18-23)28(32-15-13-31(5)14-16-32)34(30-27)25-12-7-9-22(4)17-25/h7-12,17-18,21H,6,13-16,19-20H2,1-5H3. The number of aryl methyl sites for hydroxylation is 2. The molecule has 0 atom stereocenters. The molecule has 5 nitrogen and oxygen atoms in total. The van der Waals surface area contributed by atoms with Crippen LogP contribution >= 0.6 is 11.6 Å². The first-order chi connectivity index (χ1) is 16.4. The summed E-state index contributed by atoms with van der Waals surface area (Å²) in [7, 11) is 2.21. The molecule has 34 heavy (non-hydrogen) atoms. The van der Waals surface area contributed by atoms with E-state index in [-0.39, 0.29) is 0 Å². The van der Waals surface area contributed by atoms with Crippen molar-refractivity contribution in [3.05, 3.63) is 75.9 Å². The summed E-state index contributed by atoms with van der Waals surface area (Å²) in [4.78, 5) is 7.48. The summed E-state index contributed by atoms with van der Waals surface area (Å²) in [5.74, 6) is 1.26. The summed E-state index contributed by atoms with van der Waals surface area (Å²) in [6, 6.07) is 17.3. The topological polar surface area (TPSA) is 27.5 Å². The van der Waals surface area contributed by atoms with Crippen LogP contribution in [0.15, 0.2) is 48.5 Å². The average Bonchev–Trinajstić information content (AvgIpc) is 3.17. The third-order valence-corrected chi connectivity index (χ3v) is 7.02. The Morgan fingerprint density at radius 3 is 2.38 bits per heavy atom. The summed E-state index contributed by atoms with van der Waals surface area (Å²) in [6.45, 7) is 14.8. The average molecular weight is 480 g/mol. The number of nitrogens with zero attached hydrogens (tertiary/aromatic N) is 5. The molecule has 2 aromatic carbocycles. The van der Waals surface area contributed by atoms with E-state index >= 15 is 0 Å². The number of aromatic nitrogens is 2. The van der Waals surface area contributed by atoms with Gasteiger partial charge in [0.2, 0.25) is 0 Å². The van der Waals surface area contributed by atoms with Crippen LogP contribution in [0.4, 0.5) is 5.82 Å². The minimum atomic E-state index is 0.395. The minimum Gasteiger partial charge on any atom is -0.354 e. The molecule has 182 valence electrons. The molecule has 3 aromatic rings. The molecule has 0 saturated carbocycles. The second kappa shape index (κ2) is 10.9. The van der Waals surface area contributed by atoms with Crippen molar-refractivity contribution in [3.63, 3.8) is 0 Å². The Morgan fingerprint density at radius 2 is 1.74 bits per heavy atom. The van der Waals surface area contributed by atoms with Crippen LogP contribution in [-0.2, 0) is 19.5 Å². The van der Waals surface area contributed by atoms with E-state index in [1.165, 1.54) is 28.2 Å². The van der Waals surface area contributed by atoms with Crippen molar-refractivity contribution >= 4 is 17.4 Å². The fraction of sp³-hybridized carbons (Fsp3) is 0.464. The van der Waals surface area contributed by atoms with Crippen molar-refractivity contribution in [1.29, 1.82) is 0 Å². The van der Waals surface area contributed by atoms with Gasteiger partial charge in [-0.05, 0) is 69.6 Å². The predicted molar refractivity (Wildman–Crippen MR) is 143 cm³/mol. The lowest BCUT2D eigenvalue weighted by Crippen LogP contribution is -2.45. The molecule has 1 aliphatic heterocycles. The van der Waals surface area contributed by atoms with Crippen LogP contribution in [0.3, 0.4) is 0 Å². The van der Waals surface area contributed by atoms with Crippen molar-refractivity contribution in [2.45, 2.75) is 53.2 Å². The fourth-order valence-corrected chi connectivity index (χ4v) is 4.92. The molecule has 4 rings (SSSR count). The largest absolute Gasteiger partial charge is 0.354 e. The number of hydrogen-bond acceptors (Lipinski definition) is 4. The highest BCUT2D eigenvalue weighted by atomic mass is 35.5. The number of likely N-dealkylation sites (N-methyl/N-ethyl adjacent to an activating group) is 1. The van der Waals surface area contributed by atoms with Gasteiger partial charge in [0, 0.05) is 55.9 Å². The highest BCUT2D eigenvalue weighted by molar-refractivity contribution is 6.30. The van der Waals surface area contributed by atoms with Gasteiger partial charge >= 0.3 is 0 Å². The van der Waals surface area contributed by atoms with Gasteiger partial charge < -0.3 is 9.80 Å². The molecule has 1 aromatic heterocycles. The second-order valence-corrected chi connectivity index (χ2v) is 10.2. The van der Waals surface area contributed by atoms with Gasteiger partial charge in [0.15, 0.2) is 0 Å². The molecule has 2 heterocycles. The zero-order valence-electron chi connectivity index (χ0n) is 21.3. The van der Waals surface area contributed by atoms with E-state index in [4.69, 9.17) is 16.7 Å². The normalized spacial score (nSPS) is 15.0. The lowest BCUT2D eigenvalue weighted by molar-refractivity contribution is 0.203. The molecule has 0 bridgehead atoms. The van der Waals surface area contributed by atoms with Gasteiger partial charge in [0.1, 0.15) is 5.82 Å². The van der Waals surface area contributed by atoms with Crippen molar-refractivity contribution < 1.29 is 0 Å². The third-order valence-electron chi connectivity index (χ3n) is 6.79. The summed E-state index contributed by atoms with van der Waals surface area (Å²) < 4.78 is 2.20. The third kappa shape index (κ3) is 5.65. The van der Waals surface area contributed by atoms with Gasteiger partial charge in [-0.1, -0.05) is 42.8 Å². The molecular formula is C28H38ClN5. The lowest BCUT2D eigenvalue weighted by atomic mass is 10.1. The van der Waals surface area contributed by atoms with E-state index in [0.29, 0.717) is 6.04 Å². The van der Waals surface area contributed by atoms with Crippen molar-refractivity contribution in [3.8, 4) is 5.69 Å². The van der Waals surface area contributed by atoms with E-state index in [1.807, 2.05) is 12.1 Å². The lowest BCUT2D eigenvalue weighted by Gasteiger charge is -2.35. The zero-order chi connectivity index (χ0) is 24.2. The van der Waals surface area contributed by atoms with Crippen molar-refractivity contribution in [1.82, 2.24) is 19.6 Å². The van der Waals surface area contributed by atoms with E-state index < -0.39 is 0 Å². The summed E-state index contributed by atoms with van der Waals surface area (Å²) in [5.41, 5.74) is 6.17. The number of anilines is 1. The van der Waals surface area contributed by atoms with Crippen LogP contribution < -0.4 is 4.90 Å². The molecule has 1 saturated heterocycles. The van der Waals surface area contributed by atoms with Crippen LogP contribution in [0.1, 0.15) is 43.2 Å². The maximum Gasteiger partial charge on any atom is 0.137 e.